The molecule has 0 spiro atoms. The van der Waals surface area contributed by atoms with E-state index in [0.717, 1.165) is 49.5 Å². The number of hydrogen-bond donors (Lipinski definition) is 2. The van der Waals surface area contributed by atoms with Gasteiger partial charge in [-0.05, 0) is 46.6 Å². The van der Waals surface area contributed by atoms with Crippen molar-refractivity contribution in [2.45, 2.75) is 59.4 Å². The number of nitrogens with one attached hydrogen (secondary N) is 2. The highest BCUT2D eigenvalue weighted by atomic mass is 32.1. The van der Waals surface area contributed by atoms with Gasteiger partial charge in [-0.1, -0.05) is 13.3 Å². The summed E-state index contributed by atoms with van der Waals surface area (Å²) in [5, 5.41) is 7.70. The number of thiazole rings is 1. The van der Waals surface area contributed by atoms with Gasteiger partial charge in [0.1, 0.15) is 0 Å². The van der Waals surface area contributed by atoms with Gasteiger partial charge in [-0.2, -0.15) is 0 Å². The summed E-state index contributed by atoms with van der Waals surface area (Å²) in [5.74, 6) is 0.203. The van der Waals surface area contributed by atoms with Crippen molar-refractivity contribution < 1.29 is 4.79 Å². The van der Waals surface area contributed by atoms with E-state index in [2.05, 4.69) is 29.5 Å². The molecule has 2 heterocycles. The van der Waals surface area contributed by atoms with Crippen LogP contribution in [0.1, 0.15) is 61.2 Å². The van der Waals surface area contributed by atoms with E-state index in [0.29, 0.717) is 0 Å². The van der Waals surface area contributed by atoms with Crippen LogP contribution in [0.25, 0.3) is 0 Å². The van der Waals surface area contributed by atoms with Crippen molar-refractivity contribution in [3.05, 3.63) is 15.6 Å². The van der Waals surface area contributed by atoms with Gasteiger partial charge in [-0.3, -0.25) is 4.79 Å². The van der Waals surface area contributed by atoms with Crippen LogP contribution in [0.3, 0.4) is 0 Å². The first-order chi connectivity index (χ1) is 9.98. The van der Waals surface area contributed by atoms with E-state index in [1.165, 1.54) is 4.88 Å². The lowest BCUT2D eigenvalue weighted by Crippen LogP contribution is -2.50. The van der Waals surface area contributed by atoms with Crippen LogP contribution in [0.15, 0.2) is 0 Å². The Labute approximate surface area is 131 Å². The number of hydrogen-bond acceptors (Lipinski definition) is 4. The van der Waals surface area contributed by atoms with Gasteiger partial charge in [-0.25, -0.2) is 4.98 Å². The van der Waals surface area contributed by atoms with Crippen LogP contribution in [-0.2, 0) is 4.79 Å². The maximum absolute atomic E-state index is 12.8. The molecule has 2 unspecified atom stereocenters. The summed E-state index contributed by atoms with van der Waals surface area (Å²) in [6, 6.07) is 0.0411. The molecular weight excluding hydrogens is 282 g/mol. The second kappa shape index (κ2) is 6.88. The number of aryl methyl sites for hydroxylation is 2. The molecule has 0 aromatic carbocycles. The molecule has 1 amide bonds. The Hall–Kier alpha value is -0.940. The fraction of sp³-hybridized carbons (Fsp3) is 0.750. The Kier molecular flexibility index (Phi) is 5.38. The fourth-order valence-corrected chi connectivity index (χ4v) is 4.26. The van der Waals surface area contributed by atoms with E-state index in [-0.39, 0.29) is 17.4 Å². The largest absolute Gasteiger partial charge is 0.348 e. The van der Waals surface area contributed by atoms with Gasteiger partial charge in [0, 0.05) is 11.4 Å². The minimum absolute atomic E-state index is 0.0411. The van der Waals surface area contributed by atoms with E-state index in [4.69, 9.17) is 0 Å². The Morgan fingerprint density at radius 3 is 2.81 bits per heavy atom. The lowest BCUT2D eigenvalue weighted by atomic mass is 9.76. The Morgan fingerprint density at radius 2 is 2.29 bits per heavy atom. The topological polar surface area (TPSA) is 54.0 Å². The normalized spacial score (nSPS) is 23.8. The summed E-state index contributed by atoms with van der Waals surface area (Å²) in [4.78, 5) is 18.5. The lowest BCUT2D eigenvalue weighted by molar-refractivity contribution is -0.133. The number of rotatable bonds is 5. The predicted molar refractivity (Wildman–Crippen MR) is 87.6 cm³/mol. The van der Waals surface area contributed by atoms with Gasteiger partial charge in [0.2, 0.25) is 5.91 Å². The van der Waals surface area contributed by atoms with Crippen molar-refractivity contribution in [2.24, 2.45) is 5.41 Å². The number of nitrogens with zero attached hydrogens (tertiary/aromatic N) is 1. The van der Waals surface area contributed by atoms with Gasteiger partial charge in [0.15, 0.2) is 0 Å². The van der Waals surface area contributed by atoms with Gasteiger partial charge in [0.05, 0.1) is 22.2 Å². The summed E-state index contributed by atoms with van der Waals surface area (Å²) in [6.45, 7) is 10.1. The van der Waals surface area contributed by atoms with Gasteiger partial charge < -0.3 is 10.6 Å². The molecule has 21 heavy (non-hydrogen) atoms. The van der Waals surface area contributed by atoms with Crippen LogP contribution in [0, 0.1) is 19.3 Å². The second-order valence-electron chi connectivity index (χ2n) is 6.19. The molecule has 0 radical (unpaired) electrons. The summed E-state index contributed by atoms with van der Waals surface area (Å²) >= 11 is 1.68. The van der Waals surface area contributed by atoms with E-state index in [1.54, 1.807) is 11.3 Å². The smallest absolute Gasteiger partial charge is 0.228 e. The third kappa shape index (κ3) is 3.64. The summed E-state index contributed by atoms with van der Waals surface area (Å²) in [6.07, 6.45) is 4.08. The average molecular weight is 309 g/mol. The molecule has 2 N–H and O–H groups in total. The van der Waals surface area contributed by atoms with E-state index in [1.807, 2.05) is 13.8 Å². The first kappa shape index (κ1) is 16.4. The van der Waals surface area contributed by atoms with Crippen molar-refractivity contribution in [1.29, 1.82) is 0 Å². The molecule has 1 aromatic heterocycles. The molecule has 2 rings (SSSR count). The van der Waals surface area contributed by atoms with Crippen molar-refractivity contribution >= 4 is 17.2 Å². The summed E-state index contributed by atoms with van der Waals surface area (Å²) in [5.41, 5.74) is 0.811. The Balaban J connectivity index is 2.09. The molecule has 0 aliphatic carbocycles. The van der Waals surface area contributed by atoms with Crippen molar-refractivity contribution in [3.63, 3.8) is 0 Å². The highest BCUT2D eigenvalue weighted by Crippen LogP contribution is 2.33. The van der Waals surface area contributed by atoms with Crippen molar-refractivity contribution in [2.75, 3.05) is 13.1 Å². The van der Waals surface area contributed by atoms with Crippen LogP contribution in [0.4, 0.5) is 0 Å². The van der Waals surface area contributed by atoms with Crippen LogP contribution in [-0.4, -0.2) is 24.0 Å². The zero-order valence-electron chi connectivity index (χ0n) is 13.6. The van der Waals surface area contributed by atoms with Gasteiger partial charge >= 0.3 is 0 Å². The van der Waals surface area contributed by atoms with E-state index < -0.39 is 0 Å². The monoisotopic (exact) mass is 309 g/mol. The van der Waals surface area contributed by atoms with Crippen LogP contribution in [0.2, 0.25) is 0 Å². The molecule has 1 saturated heterocycles. The first-order valence-corrected chi connectivity index (χ1v) is 8.76. The first-order valence-electron chi connectivity index (χ1n) is 7.94. The standard InChI is InChI=1S/C16H27N3OS/c1-5-7-16(8-6-9-17-10-16)15(20)19-12(3)14-11(2)18-13(4)21-14/h12,17H,5-10H2,1-4H3,(H,19,20). The molecule has 0 saturated carbocycles. The van der Waals surface area contributed by atoms with E-state index in [9.17, 15) is 4.79 Å². The number of amides is 1. The Bertz CT molecular complexity index is 486. The molecule has 1 aliphatic rings. The highest BCUT2D eigenvalue weighted by Gasteiger charge is 2.39. The number of piperidine rings is 1. The lowest BCUT2D eigenvalue weighted by Gasteiger charge is -2.37. The molecule has 2 atom stereocenters. The Morgan fingerprint density at radius 1 is 1.52 bits per heavy atom. The molecule has 5 heteroatoms. The minimum atomic E-state index is -0.227. The summed E-state index contributed by atoms with van der Waals surface area (Å²) < 4.78 is 0. The maximum atomic E-state index is 12.8. The van der Waals surface area contributed by atoms with Crippen LogP contribution in [0.5, 0.6) is 0 Å². The molecular formula is C16H27N3OS. The molecule has 0 bridgehead atoms. The minimum Gasteiger partial charge on any atom is -0.348 e. The SMILES string of the molecule is CCCC1(C(=O)NC(C)c2sc(C)nc2C)CCCNC1. The quantitative estimate of drug-likeness (QED) is 0.879. The predicted octanol–water partition coefficient (Wildman–Crippen LogP) is 3.11. The van der Waals surface area contributed by atoms with Gasteiger partial charge in [-0.15, -0.1) is 11.3 Å². The molecule has 1 aromatic rings. The fourth-order valence-electron chi connectivity index (χ4n) is 3.33. The zero-order valence-corrected chi connectivity index (χ0v) is 14.4. The third-order valence-corrected chi connectivity index (χ3v) is 5.62. The van der Waals surface area contributed by atoms with E-state index >= 15 is 0 Å². The number of carbonyl (C=O) groups excluding carboxylic acids is 1. The molecule has 1 fully saturated rings. The maximum Gasteiger partial charge on any atom is 0.228 e. The summed E-state index contributed by atoms with van der Waals surface area (Å²) in [7, 11) is 0. The molecule has 1 aliphatic heterocycles. The van der Waals surface area contributed by atoms with Crippen LogP contribution < -0.4 is 10.6 Å². The zero-order chi connectivity index (χ0) is 15.5. The van der Waals surface area contributed by atoms with Crippen molar-refractivity contribution in [1.82, 2.24) is 15.6 Å². The van der Waals surface area contributed by atoms with Gasteiger partial charge in [0.25, 0.3) is 0 Å². The molecule has 4 nitrogen and oxygen atoms in total. The van der Waals surface area contributed by atoms with Crippen LogP contribution >= 0.6 is 11.3 Å². The third-order valence-electron chi connectivity index (χ3n) is 4.36. The molecule has 118 valence electrons. The highest BCUT2D eigenvalue weighted by molar-refractivity contribution is 7.11. The number of aromatic nitrogens is 1. The average Bonchev–Trinajstić information content (AvgIpc) is 2.79. The van der Waals surface area contributed by atoms with Crippen molar-refractivity contribution in [3.8, 4) is 0 Å². The second-order valence-corrected chi connectivity index (χ2v) is 7.42. The number of carbonyl (C=O) groups is 1.